The number of aliphatic carboxylic acids is 1. The first-order valence-corrected chi connectivity index (χ1v) is 11.0. The highest BCUT2D eigenvalue weighted by atomic mass is 35.5. The number of nitrogens with one attached hydrogen (secondary N) is 1. The number of morpholine rings is 1. The Morgan fingerprint density at radius 3 is 2.68 bits per heavy atom. The number of hydrogen-bond acceptors (Lipinski definition) is 5. The summed E-state index contributed by atoms with van der Waals surface area (Å²) < 4.78 is 11.0. The summed E-state index contributed by atoms with van der Waals surface area (Å²) in [5, 5.41) is 13.5. The molecule has 1 heterocycles. The SMILES string of the molecule is COCC(CC(=O)O)c1ccc(N2CCOCC2C(C)C)c(Nc2ccc(Cl)cc2)c1. The van der Waals surface area contributed by atoms with E-state index in [-0.39, 0.29) is 18.4 Å². The highest BCUT2D eigenvalue weighted by Gasteiger charge is 2.28. The summed E-state index contributed by atoms with van der Waals surface area (Å²) >= 11 is 6.05. The van der Waals surface area contributed by atoms with Gasteiger partial charge in [0.15, 0.2) is 0 Å². The molecule has 0 radical (unpaired) electrons. The van der Waals surface area contributed by atoms with Crippen molar-refractivity contribution in [3.63, 3.8) is 0 Å². The van der Waals surface area contributed by atoms with Gasteiger partial charge >= 0.3 is 5.97 Å². The predicted molar refractivity (Wildman–Crippen MR) is 125 cm³/mol. The molecule has 0 aromatic heterocycles. The van der Waals surface area contributed by atoms with E-state index in [1.807, 2.05) is 36.4 Å². The second kappa shape index (κ2) is 10.8. The van der Waals surface area contributed by atoms with E-state index in [1.54, 1.807) is 7.11 Å². The maximum absolute atomic E-state index is 11.4. The molecule has 0 bridgehead atoms. The average molecular weight is 447 g/mol. The Kier molecular flexibility index (Phi) is 8.18. The van der Waals surface area contributed by atoms with Crippen LogP contribution >= 0.6 is 11.6 Å². The van der Waals surface area contributed by atoms with Gasteiger partial charge in [0.1, 0.15) is 0 Å². The highest BCUT2D eigenvalue weighted by Crippen LogP contribution is 2.36. The van der Waals surface area contributed by atoms with E-state index in [9.17, 15) is 9.90 Å². The summed E-state index contributed by atoms with van der Waals surface area (Å²) in [6, 6.07) is 14.0. The Bertz CT molecular complexity index is 872. The van der Waals surface area contributed by atoms with Gasteiger partial charge in [0.2, 0.25) is 0 Å². The number of hydrogen-bond donors (Lipinski definition) is 2. The molecule has 2 unspecified atom stereocenters. The fourth-order valence-electron chi connectivity index (χ4n) is 4.01. The number of carboxylic acids is 1. The Hall–Kier alpha value is -2.28. The van der Waals surface area contributed by atoms with Crippen LogP contribution in [0.5, 0.6) is 0 Å². The number of methoxy groups -OCH3 is 1. The fourth-order valence-corrected chi connectivity index (χ4v) is 4.13. The normalized spacial score (nSPS) is 17.6. The van der Waals surface area contributed by atoms with Crippen LogP contribution in [0.2, 0.25) is 5.02 Å². The van der Waals surface area contributed by atoms with E-state index < -0.39 is 5.97 Å². The molecule has 168 valence electrons. The van der Waals surface area contributed by atoms with Crippen LogP contribution in [0.15, 0.2) is 42.5 Å². The minimum atomic E-state index is -0.841. The van der Waals surface area contributed by atoms with E-state index in [0.29, 0.717) is 30.8 Å². The largest absolute Gasteiger partial charge is 0.481 e. The minimum absolute atomic E-state index is 0.0136. The Balaban J connectivity index is 2.02. The molecule has 1 aliphatic heterocycles. The first kappa shape index (κ1) is 23.4. The zero-order valence-corrected chi connectivity index (χ0v) is 19.1. The summed E-state index contributed by atoms with van der Waals surface area (Å²) in [6.45, 7) is 6.91. The van der Waals surface area contributed by atoms with E-state index in [0.717, 1.165) is 29.2 Å². The van der Waals surface area contributed by atoms with Gasteiger partial charge < -0.3 is 24.8 Å². The van der Waals surface area contributed by atoms with Gasteiger partial charge in [-0.05, 0) is 47.9 Å². The standard InChI is InChI=1S/C24H31ClN2O4/c1-16(2)23-15-31-11-10-27(23)22-9-4-17(18(14-30-3)13-24(28)29)12-21(22)26-20-7-5-19(25)6-8-20/h4-9,12,16,18,23,26H,10-11,13-15H2,1-3H3,(H,28,29). The molecular formula is C24H31ClN2O4. The lowest BCUT2D eigenvalue weighted by Crippen LogP contribution is -2.48. The third-order valence-corrected chi connectivity index (χ3v) is 5.90. The summed E-state index contributed by atoms with van der Waals surface area (Å²) in [6.07, 6.45) is 0.0136. The van der Waals surface area contributed by atoms with Gasteiger partial charge in [0.25, 0.3) is 0 Å². The summed E-state index contributed by atoms with van der Waals surface area (Å²) in [5.74, 6) is -0.643. The number of anilines is 3. The van der Waals surface area contributed by atoms with Gasteiger partial charge in [0.05, 0.1) is 43.7 Å². The molecule has 1 saturated heterocycles. The summed E-state index contributed by atoms with van der Waals surface area (Å²) in [4.78, 5) is 13.8. The van der Waals surface area contributed by atoms with Crippen molar-refractivity contribution in [2.24, 2.45) is 5.92 Å². The van der Waals surface area contributed by atoms with Crippen LogP contribution in [-0.2, 0) is 14.3 Å². The number of carboxylic acid groups (broad SMARTS) is 1. The molecule has 0 amide bonds. The average Bonchev–Trinajstić information content (AvgIpc) is 2.75. The van der Waals surface area contributed by atoms with Crippen molar-refractivity contribution in [3.8, 4) is 0 Å². The van der Waals surface area contributed by atoms with Crippen LogP contribution in [0.4, 0.5) is 17.1 Å². The van der Waals surface area contributed by atoms with Gasteiger partial charge in [0, 0.05) is 30.3 Å². The topological polar surface area (TPSA) is 71.0 Å². The molecular weight excluding hydrogens is 416 g/mol. The first-order valence-electron chi connectivity index (χ1n) is 10.6. The van der Waals surface area contributed by atoms with Gasteiger partial charge in [-0.3, -0.25) is 4.79 Å². The summed E-state index contributed by atoms with van der Waals surface area (Å²) in [5.41, 5.74) is 3.85. The van der Waals surface area contributed by atoms with E-state index in [1.165, 1.54) is 0 Å². The number of rotatable bonds is 9. The van der Waals surface area contributed by atoms with Crippen molar-refractivity contribution in [2.45, 2.75) is 32.2 Å². The van der Waals surface area contributed by atoms with E-state index >= 15 is 0 Å². The molecule has 0 spiro atoms. The maximum Gasteiger partial charge on any atom is 0.304 e. The second-order valence-electron chi connectivity index (χ2n) is 8.24. The van der Waals surface area contributed by atoms with Crippen LogP contribution in [0, 0.1) is 5.92 Å². The predicted octanol–water partition coefficient (Wildman–Crippen LogP) is 5.15. The smallest absolute Gasteiger partial charge is 0.304 e. The van der Waals surface area contributed by atoms with Crippen molar-refractivity contribution in [1.82, 2.24) is 0 Å². The first-order chi connectivity index (χ1) is 14.9. The van der Waals surface area contributed by atoms with E-state index in [4.69, 9.17) is 21.1 Å². The van der Waals surface area contributed by atoms with Gasteiger partial charge in [-0.15, -0.1) is 0 Å². The number of benzene rings is 2. The maximum atomic E-state index is 11.4. The Morgan fingerprint density at radius 2 is 2.03 bits per heavy atom. The zero-order valence-electron chi connectivity index (χ0n) is 18.3. The van der Waals surface area contributed by atoms with Crippen LogP contribution in [0.3, 0.4) is 0 Å². The molecule has 7 heteroatoms. The molecule has 0 aliphatic carbocycles. The fraction of sp³-hybridized carbons (Fsp3) is 0.458. The van der Waals surface area contributed by atoms with Crippen molar-refractivity contribution >= 4 is 34.6 Å². The van der Waals surface area contributed by atoms with Gasteiger partial charge in [-0.2, -0.15) is 0 Å². The Labute approximate surface area is 189 Å². The number of ether oxygens (including phenoxy) is 2. The van der Waals surface area contributed by atoms with Crippen molar-refractivity contribution < 1.29 is 19.4 Å². The molecule has 0 saturated carbocycles. The number of halogens is 1. The monoisotopic (exact) mass is 446 g/mol. The molecule has 3 rings (SSSR count). The van der Waals surface area contributed by atoms with Gasteiger partial charge in [-0.25, -0.2) is 0 Å². The second-order valence-corrected chi connectivity index (χ2v) is 8.67. The van der Waals surface area contributed by atoms with Crippen LogP contribution in [-0.4, -0.2) is 50.6 Å². The van der Waals surface area contributed by atoms with Crippen molar-refractivity contribution in [3.05, 3.63) is 53.1 Å². The van der Waals surface area contributed by atoms with Crippen molar-refractivity contribution in [2.75, 3.05) is 43.7 Å². The zero-order chi connectivity index (χ0) is 22.4. The highest BCUT2D eigenvalue weighted by molar-refractivity contribution is 6.30. The molecule has 2 N–H and O–H groups in total. The number of nitrogens with zero attached hydrogens (tertiary/aromatic N) is 1. The lowest BCUT2D eigenvalue weighted by Gasteiger charge is -2.40. The molecule has 2 atom stereocenters. The third kappa shape index (κ3) is 6.12. The van der Waals surface area contributed by atoms with Crippen molar-refractivity contribution in [1.29, 1.82) is 0 Å². The van der Waals surface area contributed by atoms with Crippen LogP contribution < -0.4 is 10.2 Å². The van der Waals surface area contributed by atoms with E-state index in [2.05, 4.69) is 30.1 Å². The quantitative estimate of drug-likeness (QED) is 0.555. The summed E-state index contributed by atoms with van der Waals surface area (Å²) in [7, 11) is 1.59. The molecule has 6 nitrogen and oxygen atoms in total. The van der Waals surface area contributed by atoms with Crippen LogP contribution in [0.25, 0.3) is 0 Å². The number of carbonyl (C=O) groups is 1. The molecule has 2 aromatic rings. The lowest BCUT2D eigenvalue weighted by atomic mass is 9.94. The third-order valence-electron chi connectivity index (χ3n) is 5.65. The van der Waals surface area contributed by atoms with Gasteiger partial charge in [-0.1, -0.05) is 31.5 Å². The molecule has 31 heavy (non-hydrogen) atoms. The molecule has 1 fully saturated rings. The molecule has 1 aliphatic rings. The minimum Gasteiger partial charge on any atom is -0.481 e. The Morgan fingerprint density at radius 1 is 1.29 bits per heavy atom. The van der Waals surface area contributed by atoms with Crippen LogP contribution in [0.1, 0.15) is 31.7 Å². The molecule has 2 aromatic carbocycles. The lowest BCUT2D eigenvalue weighted by molar-refractivity contribution is -0.137.